The molecule has 0 spiro atoms. The number of ether oxygens (including phenoxy) is 4. The van der Waals surface area contributed by atoms with Gasteiger partial charge in [-0.2, -0.15) is 0 Å². The van der Waals surface area contributed by atoms with Crippen LogP contribution in [0.3, 0.4) is 0 Å². The van der Waals surface area contributed by atoms with Crippen LogP contribution in [0.5, 0.6) is 0 Å². The average molecular weight is 367 g/mol. The highest BCUT2D eigenvalue weighted by Gasteiger charge is 2.56. The predicted octanol–water partition coefficient (Wildman–Crippen LogP) is 1.00. The molecule has 0 aromatic carbocycles. The van der Waals surface area contributed by atoms with Gasteiger partial charge in [0.1, 0.15) is 36.1 Å². The van der Waals surface area contributed by atoms with E-state index >= 15 is 0 Å². The van der Waals surface area contributed by atoms with E-state index in [0.717, 1.165) is 0 Å². The number of nitrogens with zero attached hydrogens (tertiary/aromatic N) is 3. The molecule has 134 valence electrons. The molecule has 25 heavy (non-hydrogen) atoms. The smallest absolute Gasteiger partial charge is 0.404 e. The molecule has 4 atom stereocenters. The van der Waals surface area contributed by atoms with Crippen LogP contribution in [0.15, 0.2) is 12.7 Å². The van der Waals surface area contributed by atoms with Crippen molar-refractivity contribution in [1.29, 1.82) is 0 Å². The van der Waals surface area contributed by atoms with Gasteiger partial charge in [0.05, 0.1) is 12.7 Å². The highest BCUT2D eigenvalue weighted by atomic mass is 32.1. The molecule has 2 aliphatic rings. The fraction of sp³-hybridized carbons (Fsp3) is 0.571. The first-order valence-electron chi connectivity index (χ1n) is 7.69. The summed E-state index contributed by atoms with van der Waals surface area (Å²) in [4.78, 5) is 22.3. The Kier molecular flexibility index (Phi) is 3.76. The molecule has 10 nitrogen and oxygen atoms in total. The Labute approximate surface area is 147 Å². The van der Waals surface area contributed by atoms with E-state index in [9.17, 15) is 4.79 Å². The maximum Gasteiger partial charge on any atom is 0.404 e. The number of rotatable bonds is 3. The predicted molar refractivity (Wildman–Crippen MR) is 86.0 cm³/mol. The van der Waals surface area contributed by atoms with Crippen LogP contribution in [-0.2, 0) is 18.9 Å². The van der Waals surface area contributed by atoms with E-state index in [1.54, 1.807) is 10.9 Å². The van der Waals surface area contributed by atoms with E-state index in [1.165, 1.54) is 6.33 Å². The molecular weight excluding hydrogens is 350 g/mol. The molecule has 0 saturated carbocycles. The molecule has 2 aromatic rings. The van der Waals surface area contributed by atoms with E-state index < -0.39 is 36.4 Å². The second kappa shape index (κ2) is 5.73. The zero-order chi connectivity index (χ0) is 17.8. The van der Waals surface area contributed by atoms with Crippen LogP contribution in [-0.4, -0.2) is 56.3 Å². The van der Waals surface area contributed by atoms with Gasteiger partial charge in [0.2, 0.25) is 0 Å². The number of aromatic nitrogens is 4. The fourth-order valence-corrected chi connectivity index (χ4v) is 3.45. The summed E-state index contributed by atoms with van der Waals surface area (Å²) in [5.74, 6) is -0.785. The van der Waals surface area contributed by atoms with Gasteiger partial charge in [-0.15, -0.1) is 0 Å². The minimum absolute atomic E-state index is 0.0311. The standard InChI is InChI=1S/C14H17N5O5S/c1-14(2)23-8-6(3-21-13(15)20)22-12(9(8)24-14)19-5-18-7-10(19)16-4-17-11(7)25/h4-6,8-9,12H,3H2,1-2H3,(H2,15,20)(H,16,17,25). The van der Waals surface area contributed by atoms with Crippen LogP contribution in [0.1, 0.15) is 20.1 Å². The summed E-state index contributed by atoms with van der Waals surface area (Å²) in [6, 6.07) is 0. The zero-order valence-electron chi connectivity index (χ0n) is 13.5. The Morgan fingerprint density at radius 1 is 1.44 bits per heavy atom. The number of primary amides is 1. The first-order chi connectivity index (χ1) is 11.9. The van der Waals surface area contributed by atoms with Gasteiger partial charge < -0.3 is 29.7 Å². The lowest BCUT2D eigenvalue weighted by Gasteiger charge is -2.24. The van der Waals surface area contributed by atoms with Gasteiger partial charge in [0.25, 0.3) is 0 Å². The molecule has 4 unspecified atom stereocenters. The van der Waals surface area contributed by atoms with Crippen LogP contribution in [0.2, 0.25) is 0 Å². The highest BCUT2D eigenvalue weighted by molar-refractivity contribution is 7.71. The van der Waals surface area contributed by atoms with Crippen molar-refractivity contribution in [3.8, 4) is 0 Å². The molecule has 0 aliphatic carbocycles. The van der Waals surface area contributed by atoms with Crippen molar-refractivity contribution in [2.24, 2.45) is 5.73 Å². The topological polar surface area (TPSA) is 127 Å². The Morgan fingerprint density at radius 2 is 2.20 bits per heavy atom. The summed E-state index contributed by atoms with van der Waals surface area (Å²) in [5, 5.41) is 0. The molecule has 2 aromatic heterocycles. The average Bonchev–Trinajstić information content (AvgIpc) is 3.17. The molecule has 2 saturated heterocycles. The van der Waals surface area contributed by atoms with Gasteiger partial charge in [0, 0.05) is 0 Å². The van der Waals surface area contributed by atoms with Crippen molar-refractivity contribution < 1.29 is 23.7 Å². The fourth-order valence-electron chi connectivity index (χ4n) is 3.25. The number of nitrogens with two attached hydrogens (primary N) is 1. The van der Waals surface area contributed by atoms with Crippen molar-refractivity contribution in [2.45, 2.75) is 44.2 Å². The van der Waals surface area contributed by atoms with Crippen molar-refractivity contribution in [3.63, 3.8) is 0 Å². The van der Waals surface area contributed by atoms with Crippen molar-refractivity contribution in [1.82, 2.24) is 19.5 Å². The largest absolute Gasteiger partial charge is 0.447 e. The Bertz CT molecular complexity index is 880. The number of hydrogen-bond donors (Lipinski definition) is 2. The molecule has 4 rings (SSSR count). The van der Waals surface area contributed by atoms with E-state index in [-0.39, 0.29) is 6.61 Å². The quantitative estimate of drug-likeness (QED) is 0.770. The molecule has 0 radical (unpaired) electrons. The first kappa shape index (κ1) is 16.4. The number of carbonyl (C=O) groups excluding carboxylic acids is 1. The third kappa shape index (κ3) is 2.78. The van der Waals surface area contributed by atoms with E-state index in [1.807, 2.05) is 13.8 Å². The van der Waals surface area contributed by atoms with E-state index in [2.05, 4.69) is 15.0 Å². The minimum atomic E-state index is -0.870. The maximum absolute atomic E-state index is 10.9. The second-order valence-electron chi connectivity index (χ2n) is 6.32. The van der Waals surface area contributed by atoms with E-state index in [0.29, 0.717) is 15.8 Å². The van der Waals surface area contributed by atoms with Gasteiger partial charge in [-0.25, -0.2) is 14.8 Å². The summed E-state index contributed by atoms with van der Waals surface area (Å²) < 4.78 is 25.0. The maximum atomic E-state index is 10.9. The van der Waals surface area contributed by atoms with Gasteiger partial charge >= 0.3 is 6.09 Å². The lowest BCUT2D eigenvalue weighted by Crippen LogP contribution is -2.34. The normalized spacial score (nSPS) is 30.5. The molecule has 2 fully saturated rings. The van der Waals surface area contributed by atoms with Gasteiger partial charge in [0.15, 0.2) is 16.7 Å². The molecule has 1 amide bonds. The molecule has 4 heterocycles. The number of nitrogens with one attached hydrogen (secondary N) is 1. The van der Waals surface area contributed by atoms with Gasteiger partial charge in [-0.05, 0) is 13.8 Å². The van der Waals surface area contributed by atoms with Gasteiger partial charge in [-0.1, -0.05) is 12.2 Å². The number of fused-ring (bicyclic) bond motifs is 2. The molecule has 11 heteroatoms. The number of carbonyl (C=O) groups is 1. The van der Waals surface area contributed by atoms with Crippen LogP contribution in [0, 0.1) is 4.64 Å². The summed E-state index contributed by atoms with van der Waals surface area (Å²) in [6.45, 7) is 3.60. The van der Waals surface area contributed by atoms with Gasteiger partial charge in [-0.3, -0.25) is 4.57 Å². The van der Waals surface area contributed by atoms with Crippen molar-refractivity contribution in [3.05, 3.63) is 17.3 Å². The first-order valence-corrected chi connectivity index (χ1v) is 8.10. The number of aromatic amines is 1. The molecular formula is C14H17N5O5S. The minimum Gasteiger partial charge on any atom is -0.447 e. The Morgan fingerprint density at radius 3 is 2.96 bits per heavy atom. The second-order valence-corrected chi connectivity index (χ2v) is 6.70. The number of amides is 1. The third-order valence-electron chi connectivity index (χ3n) is 4.17. The van der Waals surface area contributed by atoms with Crippen molar-refractivity contribution >= 4 is 29.5 Å². The monoisotopic (exact) mass is 367 g/mol. The lowest BCUT2D eigenvalue weighted by molar-refractivity contribution is -0.199. The zero-order valence-corrected chi connectivity index (χ0v) is 14.4. The highest BCUT2D eigenvalue weighted by Crippen LogP contribution is 2.43. The summed E-state index contributed by atoms with van der Waals surface area (Å²) in [7, 11) is 0. The van der Waals surface area contributed by atoms with Crippen LogP contribution < -0.4 is 5.73 Å². The lowest BCUT2D eigenvalue weighted by atomic mass is 10.1. The van der Waals surface area contributed by atoms with Crippen LogP contribution in [0.25, 0.3) is 11.2 Å². The number of imidazole rings is 1. The third-order valence-corrected chi connectivity index (χ3v) is 4.47. The summed E-state index contributed by atoms with van der Waals surface area (Å²) in [5.41, 5.74) is 6.28. The number of H-pyrrole nitrogens is 1. The molecule has 3 N–H and O–H groups in total. The summed E-state index contributed by atoms with van der Waals surface area (Å²) in [6.07, 6.45) is 0.346. The van der Waals surface area contributed by atoms with Crippen LogP contribution >= 0.6 is 12.2 Å². The van der Waals surface area contributed by atoms with E-state index in [4.69, 9.17) is 36.9 Å². The molecule has 0 bridgehead atoms. The number of hydrogen-bond acceptors (Lipinski definition) is 8. The van der Waals surface area contributed by atoms with Crippen molar-refractivity contribution in [2.75, 3.05) is 6.61 Å². The molecule has 2 aliphatic heterocycles. The Balaban J connectivity index is 1.70. The Hall–Kier alpha value is -2.08. The summed E-state index contributed by atoms with van der Waals surface area (Å²) >= 11 is 5.19. The SMILES string of the molecule is CC1(C)OC2C(COC(N)=O)OC(n3cnc4c(=S)nc[nH]c43)C2O1. The van der Waals surface area contributed by atoms with Crippen LogP contribution in [0.4, 0.5) is 4.79 Å².